The van der Waals surface area contributed by atoms with Gasteiger partial charge in [-0.2, -0.15) is 10.2 Å². The molecule has 2 aromatic rings. The number of aromatic nitrogens is 2. The predicted molar refractivity (Wildman–Crippen MR) is 65.9 cm³/mol. The molecule has 0 aliphatic carbocycles. The molecule has 0 aliphatic rings. The van der Waals surface area contributed by atoms with Crippen LogP contribution >= 0.6 is 11.6 Å². The summed E-state index contributed by atoms with van der Waals surface area (Å²) < 4.78 is 13.4. The van der Waals surface area contributed by atoms with Gasteiger partial charge in [-0.25, -0.2) is 9.37 Å². The fourth-order valence-corrected chi connectivity index (χ4v) is 1.48. The second-order valence-electron chi connectivity index (χ2n) is 3.32. The molecule has 0 unspecified atom stereocenters. The molecule has 1 heterocycles. The minimum absolute atomic E-state index is 0.0248. The first-order valence-electron chi connectivity index (χ1n) is 4.85. The van der Waals surface area contributed by atoms with Gasteiger partial charge in [0.1, 0.15) is 22.5 Å². The topological polar surface area (TPSA) is 87.6 Å². The molecule has 18 heavy (non-hydrogen) atoms. The Balaban J connectivity index is 2.44. The Hall–Kier alpha value is -2.39. The van der Waals surface area contributed by atoms with Gasteiger partial charge in [0.15, 0.2) is 5.82 Å². The van der Waals surface area contributed by atoms with Gasteiger partial charge in [0.25, 0.3) is 0 Å². The number of nitrogens with two attached hydrogens (primary N) is 1. The average molecular weight is 264 g/mol. The van der Waals surface area contributed by atoms with Crippen molar-refractivity contribution >= 4 is 29.1 Å². The first-order chi connectivity index (χ1) is 8.61. The van der Waals surface area contributed by atoms with Crippen molar-refractivity contribution in [2.45, 2.75) is 0 Å². The Kier molecular flexibility index (Phi) is 3.26. The van der Waals surface area contributed by atoms with Crippen LogP contribution in [0.25, 0.3) is 0 Å². The number of benzene rings is 1. The molecule has 0 atom stereocenters. The molecule has 0 amide bonds. The number of hydrogen-bond acceptors (Lipinski definition) is 5. The van der Waals surface area contributed by atoms with Crippen LogP contribution in [-0.2, 0) is 0 Å². The van der Waals surface area contributed by atoms with Crippen molar-refractivity contribution in [1.29, 1.82) is 5.26 Å². The van der Waals surface area contributed by atoms with E-state index in [9.17, 15) is 4.39 Å². The van der Waals surface area contributed by atoms with Crippen LogP contribution in [-0.4, -0.2) is 9.97 Å². The molecule has 7 heteroatoms. The number of rotatable bonds is 2. The Bertz CT molecular complexity index is 638. The summed E-state index contributed by atoms with van der Waals surface area (Å²) in [4.78, 5) is 7.56. The smallest absolute Gasteiger partial charge is 0.222 e. The fraction of sp³-hybridized carbons (Fsp3) is 0. The first-order valence-corrected chi connectivity index (χ1v) is 5.23. The zero-order chi connectivity index (χ0) is 13.1. The summed E-state index contributed by atoms with van der Waals surface area (Å²) in [5, 5.41) is 11.8. The van der Waals surface area contributed by atoms with Gasteiger partial charge in [0.2, 0.25) is 5.95 Å². The van der Waals surface area contributed by atoms with Crippen molar-refractivity contribution < 1.29 is 4.39 Å². The van der Waals surface area contributed by atoms with Gasteiger partial charge in [-0.3, -0.25) is 0 Å². The van der Waals surface area contributed by atoms with Gasteiger partial charge in [-0.15, -0.1) is 0 Å². The van der Waals surface area contributed by atoms with Crippen molar-refractivity contribution in [2.24, 2.45) is 0 Å². The largest absolute Gasteiger partial charge is 0.368 e. The number of nitriles is 1. The van der Waals surface area contributed by atoms with Crippen molar-refractivity contribution in [1.82, 2.24) is 9.97 Å². The van der Waals surface area contributed by atoms with E-state index in [1.54, 1.807) is 6.07 Å². The van der Waals surface area contributed by atoms with Crippen LogP contribution in [0.5, 0.6) is 0 Å². The lowest BCUT2D eigenvalue weighted by Gasteiger charge is -2.09. The predicted octanol–water partition coefficient (Wildman–Crippen LogP) is 2.47. The molecular formula is C11H7ClFN5. The van der Waals surface area contributed by atoms with E-state index in [1.807, 2.05) is 0 Å². The second kappa shape index (κ2) is 4.85. The highest BCUT2D eigenvalue weighted by Crippen LogP contribution is 2.26. The Morgan fingerprint density at radius 2 is 2.22 bits per heavy atom. The Morgan fingerprint density at radius 1 is 1.44 bits per heavy atom. The van der Waals surface area contributed by atoms with Gasteiger partial charge in [0.05, 0.1) is 11.9 Å². The van der Waals surface area contributed by atoms with E-state index < -0.39 is 5.82 Å². The quantitative estimate of drug-likeness (QED) is 0.869. The highest BCUT2D eigenvalue weighted by atomic mass is 35.5. The van der Waals surface area contributed by atoms with Crippen LogP contribution in [0.1, 0.15) is 5.56 Å². The molecule has 1 aromatic carbocycles. The van der Waals surface area contributed by atoms with Crippen molar-refractivity contribution in [3.8, 4) is 6.07 Å². The molecule has 1 aromatic heterocycles. The zero-order valence-electron chi connectivity index (χ0n) is 8.98. The fourth-order valence-electron chi connectivity index (χ4n) is 1.34. The molecule has 5 nitrogen and oxygen atoms in total. The van der Waals surface area contributed by atoms with Crippen LogP contribution in [0.15, 0.2) is 24.4 Å². The first kappa shape index (κ1) is 12.1. The van der Waals surface area contributed by atoms with E-state index in [2.05, 4.69) is 15.3 Å². The summed E-state index contributed by atoms with van der Waals surface area (Å²) in [6.07, 6.45) is 1.32. The number of anilines is 3. The molecule has 0 saturated heterocycles. The van der Waals surface area contributed by atoms with E-state index in [4.69, 9.17) is 22.6 Å². The third-order valence-corrected chi connectivity index (χ3v) is 2.42. The highest BCUT2D eigenvalue weighted by molar-refractivity contribution is 6.32. The van der Waals surface area contributed by atoms with E-state index in [1.165, 1.54) is 24.4 Å². The summed E-state index contributed by atoms with van der Waals surface area (Å²) in [7, 11) is 0. The maximum atomic E-state index is 13.4. The lowest BCUT2D eigenvalue weighted by molar-refractivity contribution is 0.624. The van der Waals surface area contributed by atoms with Crippen LogP contribution < -0.4 is 11.1 Å². The summed E-state index contributed by atoms with van der Waals surface area (Å²) >= 11 is 5.86. The van der Waals surface area contributed by atoms with E-state index in [0.29, 0.717) is 0 Å². The third kappa shape index (κ3) is 2.31. The van der Waals surface area contributed by atoms with Crippen molar-refractivity contribution in [2.75, 3.05) is 11.1 Å². The molecule has 3 N–H and O–H groups in total. The molecule has 0 bridgehead atoms. The number of halogens is 2. The summed E-state index contributed by atoms with van der Waals surface area (Å²) in [5.74, 6) is -0.385. The van der Waals surface area contributed by atoms with E-state index in [-0.39, 0.29) is 28.0 Å². The molecule has 90 valence electrons. The molecular weight excluding hydrogens is 257 g/mol. The van der Waals surface area contributed by atoms with E-state index in [0.717, 1.165) is 0 Å². The number of nitrogen functional groups attached to an aromatic ring is 1. The van der Waals surface area contributed by atoms with Crippen LogP contribution in [0, 0.1) is 17.1 Å². The Morgan fingerprint density at radius 3 is 2.94 bits per heavy atom. The van der Waals surface area contributed by atoms with Gasteiger partial charge in [-0.1, -0.05) is 17.7 Å². The van der Waals surface area contributed by atoms with Gasteiger partial charge < -0.3 is 11.1 Å². The summed E-state index contributed by atoms with van der Waals surface area (Å²) in [5.41, 5.74) is 5.56. The van der Waals surface area contributed by atoms with Crippen LogP contribution in [0.4, 0.5) is 21.8 Å². The highest BCUT2D eigenvalue weighted by Gasteiger charge is 2.10. The van der Waals surface area contributed by atoms with Gasteiger partial charge in [0, 0.05) is 0 Å². The third-order valence-electron chi connectivity index (χ3n) is 2.14. The normalized spacial score (nSPS) is 9.83. The zero-order valence-corrected chi connectivity index (χ0v) is 9.74. The molecule has 0 fully saturated rings. The number of nitrogens with zero attached hydrogens (tertiary/aromatic N) is 3. The minimum Gasteiger partial charge on any atom is -0.368 e. The maximum Gasteiger partial charge on any atom is 0.222 e. The van der Waals surface area contributed by atoms with E-state index >= 15 is 0 Å². The molecule has 2 rings (SSSR count). The minimum atomic E-state index is -0.624. The van der Waals surface area contributed by atoms with Gasteiger partial charge >= 0.3 is 0 Å². The maximum absolute atomic E-state index is 13.4. The lowest BCUT2D eigenvalue weighted by Crippen LogP contribution is -2.02. The second-order valence-corrected chi connectivity index (χ2v) is 3.73. The number of nitrogens with one attached hydrogen (secondary N) is 1. The molecule has 0 radical (unpaired) electrons. The summed E-state index contributed by atoms with van der Waals surface area (Å²) in [6.45, 7) is 0. The molecule has 0 aliphatic heterocycles. The molecule has 0 saturated carbocycles. The van der Waals surface area contributed by atoms with Crippen molar-refractivity contribution in [3.05, 3.63) is 40.8 Å². The van der Waals surface area contributed by atoms with Crippen LogP contribution in [0.3, 0.4) is 0 Å². The van der Waals surface area contributed by atoms with Gasteiger partial charge in [-0.05, 0) is 12.1 Å². The van der Waals surface area contributed by atoms with Crippen LogP contribution in [0.2, 0.25) is 5.02 Å². The monoisotopic (exact) mass is 263 g/mol. The average Bonchev–Trinajstić information content (AvgIpc) is 2.34. The lowest BCUT2D eigenvalue weighted by atomic mass is 10.2. The Labute approximate surface area is 107 Å². The SMILES string of the molecule is N#Cc1c(F)cccc1Nc1nc(N)ncc1Cl. The standard InChI is InChI=1S/C11H7ClFN5/c12-7-5-16-11(15)18-10(7)17-9-3-1-2-8(13)6(9)4-14/h1-3,5H,(H3,15,16,17,18). The number of hydrogen-bond donors (Lipinski definition) is 2. The van der Waals surface area contributed by atoms with Crippen molar-refractivity contribution in [3.63, 3.8) is 0 Å². The summed E-state index contributed by atoms with van der Waals surface area (Å²) in [6, 6.07) is 5.96. The molecule has 0 spiro atoms.